The van der Waals surface area contributed by atoms with Crippen molar-refractivity contribution in [2.45, 2.75) is 40.2 Å². The second-order valence-corrected chi connectivity index (χ2v) is 6.48. The average Bonchev–Trinajstić information content (AvgIpc) is 2.98. The number of nitrogens with zero attached hydrogens (tertiary/aromatic N) is 1. The van der Waals surface area contributed by atoms with Crippen molar-refractivity contribution in [1.29, 1.82) is 0 Å². The molecule has 0 amide bonds. The number of aryl methyl sites for hydroxylation is 3. The first-order chi connectivity index (χ1) is 8.93. The Kier molecular flexibility index (Phi) is 4.32. The van der Waals surface area contributed by atoms with Crippen molar-refractivity contribution >= 4 is 0 Å². The minimum Gasteiger partial charge on any atom is -0.329 e. The van der Waals surface area contributed by atoms with Gasteiger partial charge in [-0.05, 0) is 62.8 Å². The Bertz CT molecular complexity index is 430. The Labute approximate surface area is 118 Å². The second-order valence-electron chi connectivity index (χ2n) is 6.48. The summed E-state index contributed by atoms with van der Waals surface area (Å²) in [5.74, 6) is 1.78. The highest BCUT2D eigenvalue weighted by molar-refractivity contribution is 5.39. The Hall–Kier alpha value is -0.860. The third-order valence-corrected chi connectivity index (χ3v) is 4.63. The Morgan fingerprint density at radius 3 is 2.21 bits per heavy atom. The fraction of sp³-hybridized carbons (Fsp3) is 0.647. The molecule has 0 heterocycles. The zero-order chi connectivity index (χ0) is 14.2. The third-order valence-electron chi connectivity index (χ3n) is 4.63. The van der Waals surface area contributed by atoms with Crippen LogP contribution in [0.1, 0.15) is 41.6 Å². The topological polar surface area (TPSA) is 29.3 Å². The zero-order valence-corrected chi connectivity index (χ0v) is 13.0. The SMILES string of the molecule is Cc1cc(C)c(C(CN)N(C)CC2CC2C)c(C)c1. The van der Waals surface area contributed by atoms with Gasteiger partial charge < -0.3 is 5.73 Å². The van der Waals surface area contributed by atoms with E-state index in [1.54, 1.807) is 0 Å². The van der Waals surface area contributed by atoms with Gasteiger partial charge in [-0.15, -0.1) is 0 Å². The van der Waals surface area contributed by atoms with Crippen molar-refractivity contribution in [3.8, 4) is 0 Å². The van der Waals surface area contributed by atoms with Gasteiger partial charge in [-0.25, -0.2) is 0 Å². The number of benzene rings is 1. The van der Waals surface area contributed by atoms with Gasteiger partial charge in [-0.3, -0.25) is 4.90 Å². The van der Waals surface area contributed by atoms with Crippen LogP contribution in [0.5, 0.6) is 0 Å². The van der Waals surface area contributed by atoms with E-state index in [0.717, 1.165) is 11.8 Å². The molecule has 1 aliphatic carbocycles. The monoisotopic (exact) mass is 260 g/mol. The van der Waals surface area contributed by atoms with Crippen LogP contribution in [0.15, 0.2) is 12.1 Å². The molecule has 1 aromatic rings. The lowest BCUT2D eigenvalue weighted by molar-refractivity contribution is 0.235. The van der Waals surface area contributed by atoms with E-state index in [4.69, 9.17) is 5.73 Å². The van der Waals surface area contributed by atoms with E-state index in [1.165, 1.54) is 35.2 Å². The van der Waals surface area contributed by atoms with Crippen LogP contribution in [0.4, 0.5) is 0 Å². The normalized spacial score (nSPS) is 23.7. The molecular weight excluding hydrogens is 232 g/mol. The Morgan fingerprint density at radius 1 is 1.26 bits per heavy atom. The maximum absolute atomic E-state index is 6.07. The molecule has 2 heteroatoms. The third kappa shape index (κ3) is 3.18. The lowest BCUT2D eigenvalue weighted by Crippen LogP contribution is -2.33. The molecule has 0 aliphatic heterocycles. The second kappa shape index (κ2) is 5.64. The van der Waals surface area contributed by atoms with Gasteiger partial charge >= 0.3 is 0 Å². The maximum atomic E-state index is 6.07. The van der Waals surface area contributed by atoms with Gasteiger partial charge in [0.15, 0.2) is 0 Å². The molecule has 0 bridgehead atoms. The fourth-order valence-electron chi connectivity index (χ4n) is 3.39. The molecule has 1 aromatic carbocycles. The van der Waals surface area contributed by atoms with Crippen LogP contribution in [0, 0.1) is 32.6 Å². The molecule has 19 heavy (non-hydrogen) atoms. The molecule has 1 fully saturated rings. The van der Waals surface area contributed by atoms with E-state index in [2.05, 4.69) is 51.8 Å². The lowest BCUT2D eigenvalue weighted by atomic mass is 9.93. The largest absolute Gasteiger partial charge is 0.329 e. The molecule has 106 valence electrons. The standard InChI is InChI=1S/C17H28N2/c1-11-6-13(3)17(14(4)7-11)16(9-18)19(5)10-15-8-12(15)2/h6-7,12,15-16H,8-10,18H2,1-5H3. The minimum atomic E-state index is 0.355. The summed E-state index contributed by atoms with van der Waals surface area (Å²) in [7, 11) is 2.22. The van der Waals surface area contributed by atoms with E-state index < -0.39 is 0 Å². The highest BCUT2D eigenvalue weighted by Gasteiger charge is 2.34. The van der Waals surface area contributed by atoms with Crippen molar-refractivity contribution < 1.29 is 0 Å². The summed E-state index contributed by atoms with van der Waals surface area (Å²) < 4.78 is 0. The highest BCUT2D eigenvalue weighted by Crippen LogP contribution is 2.39. The molecule has 2 nitrogen and oxygen atoms in total. The van der Waals surface area contributed by atoms with Crippen LogP contribution in [-0.4, -0.2) is 25.0 Å². The summed E-state index contributed by atoms with van der Waals surface area (Å²) in [6.45, 7) is 10.8. The van der Waals surface area contributed by atoms with Crippen molar-refractivity contribution in [2.24, 2.45) is 17.6 Å². The van der Waals surface area contributed by atoms with Gasteiger partial charge in [-0.2, -0.15) is 0 Å². The summed E-state index contributed by atoms with van der Waals surface area (Å²) >= 11 is 0. The molecule has 0 aromatic heterocycles. The first-order valence-corrected chi connectivity index (χ1v) is 7.42. The number of hydrogen-bond acceptors (Lipinski definition) is 2. The first kappa shape index (κ1) is 14.5. The van der Waals surface area contributed by atoms with Gasteiger partial charge in [-0.1, -0.05) is 24.6 Å². The van der Waals surface area contributed by atoms with Crippen LogP contribution in [0.3, 0.4) is 0 Å². The molecule has 2 rings (SSSR count). The molecular formula is C17H28N2. The molecule has 0 spiro atoms. The number of rotatable bonds is 5. The van der Waals surface area contributed by atoms with Crippen LogP contribution < -0.4 is 5.73 Å². The minimum absolute atomic E-state index is 0.355. The van der Waals surface area contributed by atoms with Crippen LogP contribution in [0.2, 0.25) is 0 Å². The van der Waals surface area contributed by atoms with Crippen molar-refractivity contribution in [3.05, 3.63) is 34.4 Å². The molecule has 1 aliphatic rings. The van der Waals surface area contributed by atoms with Crippen molar-refractivity contribution in [3.63, 3.8) is 0 Å². The van der Waals surface area contributed by atoms with Crippen LogP contribution in [-0.2, 0) is 0 Å². The Morgan fingerprint density at radius 2 is 1.79 bits per heavy atom. The maximum Gasteiger partial charge on any atom is 0.0472 e. The van der Waals surface area contributed by atoms with E-state index in [-0.39, 0.29) is 0 Å². The van der Waals surface area contributed by atoms with Crippen molar-refractivity contribution in [1.82, 2.24) is 4.90 Å². The summed E-state index contributed by atoms with van der Waals surface area (Å²) in [6, 6.07) is 4.91. The van der Waals surface area contributed by atoms with Gasteiger partial charge in [0.25, 0.3) is 0 Å². The Balaban J connectivity index is 2.21. The van der Waals surface area contributed by atoms with E-state index in [1.807, 2.05) is 0 Å². The number of likely N-dealkylation sites (N-methyl/N-ethyl adjacent to an activating group) is 1. The molecule has 2 N–H and O–H groups in total. The summed E-state index contributed by atoms with van der Waals surface area (Å²) in [5.41, 5.74) is 11.6. The molecule has 1 saturated carbocycles. The van der Waals surface area contributed by atoms with Crippen LogP contribution in [0.25, 0.3) is 0 Å². The summed E-state index contributed by atoms with van der Waals surface area (Å²) in [5, 5.41) is 0. The molecule has 3 atom stereocenters. The summed E-state index contributed by atoms with van der Waals surface area (Å²) in [4.78, 5) is 2.46. The van der Waals surface area contributed by atoms with Gasteiger partial charge in [0.05, 0.1) is 0 Å². The highest BCUT2D eigenvalue weighted by atomic mass is 15.1. The zero-order valence-electron chi connectivity index (χ0n) is 13.0. The lowest BCUT2D eigenvalue weighted by Gasteiger charge is -2.30. The van der Waals surface area contributed by atoms with Gasteiger partial charge in [0.1, 0.15) is 0 Å². The summed E-state index contributed by atoms with van der Waals surface area (Å²) in [6.07, 6.45) is 1.38. The molecule has 3 unspecified atom stereocenters. The smallest absolute Gasteiger partial charge is 0.0472 e. The van der Waals surface area contributed by atoms with Gasteiger partial charge in [0.2, 0.25) is 0 Å². The predicted molar refractivity (Wildman–Crippen MR) is 82.3 cm³/mol. The van der Waals surface area contributed by atoms with E-state index >= 15 is 0 Å². The fourth-order valence-corrected chi connectivity index (χ4v) is 3.39. The average molecular weight is 260 g/mol. The van der Waals surface area contributed by atoms with Crippen molar-refractivity contribution in [2.75, 3.05) is 20.1 Å². The predicted octanol–water partition coefficient (Wildman–Crippen LogP) is 3.20. The van der Waals surface area contributed by atoms with Gasteiger partial charge in [0, 0.05) is 19.1 Å². The number of nitrogens with two attached hydrogens (primary N) is 1. The quantitative estimate of drug-likeness (QED) is 0.881. The van der Waals surface area contributed by atoms with E-state index in [0.29, 0.717) is 12.6 Å². The molecule has 0 saturated heterocycles. The first-order valence-electron chi connectivity index (χ1n) is 7.42. The molecule has 0 radical (unpaired) electrons. The van der Waals surface area contributed by atoms with Crippen LogP contribution >= 0.6 is 0 Å². The number of hydrogen-bond donors (Lipinski definition) is 1. The van der Waals surface area contributed by atoms with E-state index in [9.17, 15) is 0 Å².